The van der Waals surface area contributed by atoms with Gasteiger partial charge in [0.15, 0.2) is 0 Å². The molecular weight excluding hydrogens is 218 g/mol. The second-order valence-electron chi connectivity index (χ2n) is 4.75. The van der Waals surface area contributed by atoms with E-state index in [9.17, 15) is 9.59 Å². The summed E-state index contributed by atoms with van der Waals surface area (Å²) in [5.74, 6) is -0.0191. The van der Waals surface area contributed by atoms with Crippen LogP contribution in [0.15, 0.2) is 0 Å². The Bertz CT molecular complexity index is 237. The Morgan fingerprint density at radius 1 is 1.29 bits per heavy atom. The van der Waals surface area contributed by atoms with Crippen molar-refractivity contribution in [2.75, 3.05) is 7.11 Å². The molecule has 102 valence electrons. The van der Waals surface area contributed by atoms with Gasteiger partial charge in [-0.25, -0.2) is 0 Å². The molecule has 1 amide bonds. The Labute approximate surface area is 105 Å². The van der Waals surface area contributed by atoms with E-state index < -0.39 is 0 Å². The molecule has 0 saturated heterocycles. The molecular formula is C13H27NO3. The molecule has 0 aliphatic carbocycles. The maximum atomic E-state index is 10.5. The minimum absolute atomic E-state index is 0.0359. The zero-order valence-corrected chi connectivity index (χ0v) is 12.2. The molecule has 0 fully saturated rings. The fourth-order valence-corrected chi connectivity index (χ4v) is 0.933. The van der Waals surface area contributed by atoms with Gasteiger partial charge in [-0.3, -0.25) is 9.59 Å². The average Bonchev–Trinajstić information content (AvgIpc) is 2.26. The lowest BCUT2D eigenvalue weighted by molar-refractivity contribution is -0.144. The molecule has 4 nitrogen and oxygen atoms in total. The third-order valence-electron chi connectivity index (χ3n) is 2.61. The maximum absolute atomic E-state index is 10.5. The predicted molar refractivity (Wildman–Crippen MR) is 69.7 cm³/mol. The predicted octanol–water partition coefficient (Wildman–Crippen LogP) is 2.52. The van der Waals surface area contributed by atoms with Crippen molar-refractivity contribution in [2.24, 2.45) is 5.92 Å². The zero-order chi connectivity index (χ0) is 14.1. The van der Waals surface area contributed by atoms with E-state index in [1.165, 1.54) is 14.0 Å². The van der Waals surface area contributed by atoms with E-state index in [2.05, 4.69) is 17.0 Å². The van der Waals surface area contributed by atoms with Crippen LogP contribution in [0.25, 0.3) is 0 Å². The van der Waals surface area contributed by atoms with Crippen LogP contribution in [0, 0.1) is 5.92 Å². The smallest absolute Gasteiger partial charge is 0.308 e. The Balaban J connectivity index is 0. The number of carbonyl (C=O) groups is 2. The van der Waals surface area contributed by atoms with Gasteiger partial charge >= 0.3 is 5.97 Å². The van der Waals surface area contributed by atoms with Crippen molar-refractivity contribution in [2.45, 2.75) is 59.9 Å². The van der Waals surface area contributed by atoms with Gasteiger partial charge in [0.2, 0.25) is 5.91 Å². The van der Waals surface area contributed by atoms with Crippen LogP contribution in [0.3, 0.4) is 0 Å². The lowest BCUT2D eigenvalue weighted by atomic mass is 10.0. The maximum Gasteiger partial charge on any atom is 0.308 e. The minimum Gasteiger partial charge on any atom is -0.469 e. The van der Waals surface area contributed by atoms with Gasteiger partial charge in [-0.1, -0.05) is 20.8 Å². The summed E-state index contributed by atoms with van der Waals surface area (Å²) in [7, 11) is 1.41. The van der Waals surface area contributed by atoms with Crippen molar-refractivity contribution in [1.82, 2.24) is 5.32 Å². The topological polar surface area (TPSA) is 55.4 Å². The summed E-state index contributed by atoms with van der Waals surface area (Å²) >= 11 is 0. The highest BCUT2D eigenvalue weighted by molar-refractivity contribution is 5.73. The Kier molecular flexibility index (Phi) is 9.72. The van der Waals surface area contributed by atoms with Gasteiger partial charge in [0.25, 0.3) is 0 Å². The first-order valence-corrected chi connectivity index (χ1v) is 6.06. The van der Waals surface area contributed by atoms with E-state index in [0.717, 1.165) is 12.8 Å². The molecule has 4 heteroatoms. The van der Waals surface area contributed by atoms with Gasteiger partial charge in [-0.2, -0.15) is 0 Å². The molecule has 0 radical (unpaired) electrons. The lowest BCUT2D eigenvalue weighted by Gasteiger charge is -2.23. The molecule has 0 aliphatic rings. The van der Waals surface area contributed by atoms with Gasteiger partial charge in [0.1, 0.15) is 0 Å². The molecule has 0 aliphatic heterocycles. The number of esters is 1. The summed E-state index contributed by atoms with van der Waals surface area (Å²) in [6, 6.07) is 0. The number of nitrogens with one attached hydrogen (secondary N) is 1. The Morgan fingerprint density at radius 3 is 1.88 bits per heavy atom. The fourth-order valence-electron chi connectivity index (χ4n) is 0.933. The third kappa shape index (κ3) is 11.2. The number of hydrogen-bond donors (Lipinski definition) is 1. The van der Waals surface area contributed by atoms with E-state index >= 15 is 0 Å². The van der Waals surface area contributed by atoms with Crippen LogP contribution in [-0.4, -0.2) is 24.5 Å². The first kappa shape index (κ1) is 18.3. The SMILES string of the molecule is CCC(C)(C)NC(C)=O.CCC(C)C(=O)OC. The van der Waals surface area contributed by atoms with Crippen LogP contribution in [0.2, 0.25) is 0 Å². The van der Waals surface area contributed by atoms with Crippen LogP contribution in [-0.2, 0) is 14.3 Å². The van der Waals surface area contributed by atoms with Gasteiger partial charge in [0, 0.05) is 12.5 Å². The number of ether oxygens (including phenoxy) is 1. The van der Waals surface area contributed by atoms with E-state index in [1.54, 1.807) is 0 Å². The molecule has 0 heterocycles. The Hall–Kier alpha value is -1.06. The summed E-state index contributed by atoms with van der Waals surface area (Å²) in [4.78, 5) is 21.0. The molecule has 0 saturated carbocycles. The summed E-state index contributed by atoms with van der Waals surface area (Å²) in [5.41, 5.74) is -0.0359. The average molecular weight is 245 g/mol. The molecule has 0 aromatic heterocycles. The summed E-state index contributed by atoms with van der Waals surface area (Å²) in [6.45, 7) is 11.4. The van der Waals surface area contributed by atoms with Crippen molar-refractivity contribution >= 4 is 11.9 Å². The van der Waals surface area contributed by atoms with Gasteiger partial charge < -0.3 is 10.1 Å². The van der Waals surface area contributed by atoms with E-state index in [1.807, 2.05) is 27.7 Å². The number of carbonyl (C=O) groups excluding carboxylic acids is 2. The van der Waals surface area contributed by atoms with Gasteiger partial charge in [0.05, 0.1) is 13.0 Å². The molecule has 17 heavy (non-hydrogen) atoms. The standard InChI is InChI=1S/C7H15NO.C6H12O2/c1-5-7(3,4)8-6(2)9;1-4-5(2)6(7)8-3/h5H2,1-4H3,(H,8,9);5H,4H2,1-3H3. The van der Waals surface area contributed by atoms with Crippen molar-refractivity contribution in [3.05, 3.63) is 0 Å². The highest BCUT2D eigenvalue weighted by Gasteiger charge is 2.14. The first-order chi connectivity index (χ1) is 7.70. The molecule has 0 rings (SSSR count). The van der Waals surface area contributed by atoms with E-state index in [-0.39, 0.29) is 23.3 Å². The lowest BCUT2D eigenvalue weighted by Crippen LogP contribution is -2.41. The molecule has 1 N–H and O–H groups in total. The van der Waals surface area contributed by atoms with Crippen molar-refractivity contribution < 1.29 is 14.3 Å². The largest absolute Gasteiger partial charge is 0.469 e. The second kappa shape index (κ2) is 9.02. The molecule has 0 spiro atoms. The number of methoxy groups -OCH3 is 1. The van der Waals surface area contributed by atoms with Crippen LogP contribution in [0.4, 0.5) is 0 Å². The van der Waals surface area contributed by atoms with Crippen LogP contribution < -0.4 is 5.32 Å². The van der Waals surface area contributed by atoms with E-state index in [4.69, 9.17) is 0 Å². The third-order valence-corrected chi connectivity index (χ3v) is 2.61. The number of hydrogen-bond acceptors (Lipinski definition) is 3. The van der Waals surface area contributed by atoms with Gasteiger partial charge in [-0.15, -0.1) is 0 Å². The quantitative estimate of drug-likeness (QED) is 0.774. The zero-order valence-electron chi connectivity index (χ0n) is 12.2. The summed E-state index contributed by atoms with van der Waals surface area (Å²) in [5, 5.41) is 2.83. The van der Waals surface area contributed by atoms with Crippen molar-refractivity contribution in [1.29, 1.82) is 0 Å². The van der Waals surface area contributed by atoms with E-state index in [0.29, 0.717) is 0 Å². The normalized spacial score (nSPS) is 11.9. The van der Waals surface area contributed by atoms with Crippen LogP contribution >= 0.6 is 0 Å². The van der Waals surface area contributed by atoms with Crippen LogP contribution in [0.1, 0.15) is 54.4 Å². The monoisotopic (exact) mass is 245 g/mol. The highest BCUT2D eigenvalue weighted by Crippen LogP contribution is 2.05. The molecule has 0 aromatic rings. The van der Waals surface area contributed by atoms with Crippen molar-refractivity contribution in [3.8, 4) is 0 Å². The second-order valence-corrected chi connectivity index (χ2v) is 4.75. The molecule has 1 unspecified atom stereocenters. The minimum atomic E-state index is -0.118. The van der Waals surface area contributed by atoms with Gasteiger partial charge in [-0.05, 0) is 26.7 Å². The number of amides is 1. The molecule has 1 atom stereocenters. The fraction of sp³-hybridized carbons (Fsp3) is 0.846. The number of rotatable bonds is 4. The first-order valence-electron chi connectivity index (χ1n) is 6.06. The van der Waals surface area contributed by atoms with Crippen molar-refractivity contribution in [3.63, 3.8) is 0 Å². The molecule has 0 bridgehead atoms. The Morgan fingerprint density at radius 2 is 1.76 bits per heavy atom. The van der Waals surface area contributed by atoms with Crippen LogP contribution in [0.5, 0.6) is 0 Å². The molecule has 0 aromatic carbocycles. The summed E-state index contributed by atoms with van der Waals surface area (Å²) < 4.78 is 4.46. The highest BCUT2D eigenvalue weighted by atomic mass is 16.5. The summed E-state index contributed by atoms with van der Waals surface area (Å²) in [6.07, 6.45) is 1.82.